The van der Waals surface area contributed by atoms with E-state index in [0.717, 1.165) is 29.5 Å². The van der Waals surface area contributed by atoms with E-state index in [2.05, 4.69) is 4.98 Å². The van der Waals surface area contributed by atoms with E-state index in [1.165, 1.54) is 0 Å². The van der Waals surface area contributed by atoms with E-state index in [0.29, 0.717) is 34.9 Å². The molecular formula is C22H20ClN3O4. The lowest BCUT2D eigenvalue weighted by Gasteiger charge is -2.32. The first-order valence-electron chi connectivity index (χ1n) is 9.80. The number of fused-ring (bicyclic) bond motifs is 2. The monoisotopic (exact) mass is 425 g/mol. The number of methoxy groups -OCH3 is 1. The van der Waals surface area contributed by atoms with Gasteiger partial charge in [-0.3, -0.25) is 9.36 Å². The number of nitrogens with one attached hydrogen (secondary N) is 1. The number of hydrogen-bond donors (Lipinski definition) is 1. The number of nitrogens with zero attached hydrogens (tertiary/aromatic N) is 2. The number of oxazole rings is 1. The number of ether oxygens (including phenoxy) is 1. The molecule has 4 aromatic rings. The molecule has 154 valence electrons. The third-order valence-electron chi connectivity index (χ3n) is 5.68. The molecule has 1 aliphatic rings. The molecular weight excluding hydrogens is 406 g/mol. The van der Waals surface area contributed by atoms with Gasteiger partial charge in [0.1, 0.15) is 11.4 Å². The highest BCUT2D eigenvalue weighted by atomic mass is 35.5. The Labute approximate surface area is 176 Å². The standard InChI is InChI=1S/C22H20ClN3O4/c1-29-16-6-4-13-9-18(24-17(13)11-16)21(27)25-8-2-3-15(12-25)26-19-10-14(23)5-7-20(19)30-22(26)28/h4-7,9-11,15,24H,2-3,8,12H2,1H3/t15-/m0/s1. The number of hydrogen-bond acceptors (Lipinski definition) is 4. The molecule has 1 atom stereocenters. The van der Waals surface area contributed by atoms with Gasteiger partial charge in [-0.1, -0.05) is 11.6 Å². The Morgan fingerprint density at radius 1 is 1.23 bits per heavy atom. The molecule has 1 amide bonds. The van der Waals surface area contributed by atoms with Crippen LogP contribution >= 0.6 is 11.6 Å². The van der Waals surface area contributed by atoms with Gasteiger partial charge < -0.3 is 19.0 Å². The number of aromatic amines is 1. The molecule has 2 aromatic heterocycles. The molecule has 2 aromatic carbocycles. The molecule has 1 fully saturated rings. The van der Waals surface area contributed by atoms with Crippen LogP contribution in [0.3, 0.4) is 0 Å². The van der Waals surface area contributed by atoms with Gasteiger partial charge in [0.25, 0.3) is 5.91 Å². The van der Waals surface area contributed by atoms with Crippen LogP contribution in [0.2, 0.25) is 5.02 Å². The summed E-state index contributed by atoms with van der Waals surface area (Å²) in [6.07, 6.45) is 1.58. The molecule has 3 heterocycles. The summed E-state index contributed by atoms with van der Waals surface area (Å²) in [5, 5.41) is 1.48. The van der Waals surface area contributed by atoms with E-state index < -0.39 is 5.76 Å². The number of carbonyl (C=O) groups excluding carboxylic acids is 1. The Morgan fingerprint density at radius 2 is 2.10 bits per heavy atom. The minimum Gasteiger partial charge on any atom is -0.497 e. The van der Waals surface area contributed by atoms with Crippen molar-refractivity contribution in [1.29, 1.82) is 0 Å². The predicted octanol–water partition coefficient (Wildman–Crippen LogP) is 4.22. The van der Waals surface area contributed by atoms with Crippen molar-refractivity contribution in [2.24, 2.45) is 0 Å². The zero-order valence-electron chi connectivity index (χ0n) is 16.4. The SMILES string of the molecule is COc1ccc2cc(C(=O)N3CCC[C@H](n4c(=O)oc5ccc(Cl)cc54)C3)[nH]c2c1. The summed E-state index contributed by atoms with van der Waals surface area (Å²) in [7, 11) is 1.61. The van der Waals surface area contributed by atoms with Gasteiger partial charge in [0, 0.05) is 35.1 Å². The molecule has 8 heteroatoms. The smallest absolute Gasteiger partial charge is 0.420 e. The predicted molar refractivity (Wildman–Crippen MR) is 115 cm³/mol. The highest BCUT2D eigenvalue weighted by Gasteiger charge is 2.29. The molecule has 0 aliphatic carbocycles. The van der Waals surface area contributed by atoms with Crippen LogP contribution in [0, 0.1) is 0 Å². The van der Waals surface area contributed by atoms with E-state index in [1.54, 1.807) is 34.8 Å². The van der Waals surface area contributed by atoms with Crippen LogP contribution in [0.15, 0.2) is 51.7 Å². The van der Waals surface area contributed by atoms with Gasteiger partial charge in [-0.15, -0.1) is 0 Å². The maximum atomic E-state index is 13.2. The van der Waals surface area contributed by atoms with Gasteiger partial charge in [-0.2, -0.15) is 0 Å². The Hall–Kier alpha value is -3.19. The highest BCUT2D eigenvalue weighted by molar-refractivity contribution is 6.31. The van der Waals surface area contributed by atoms with Crippen molar-refractivity contribution >= 4 is 39.5 Å². The topological polar surface area (TPSA) is 80.5 Å². The van der Waals surface area contributed by atoms with Crippen molar-refractivity contribution in [3.8, 4) is 5.75 Å². The summed E-state index contributed by atoms with van der Waals surface area (Å²) >= 11 is 6.12. The zero-order chi connectivity index (χ0) is 20.8. The minimum absolute atomic E-state index is 0.0891. The van der Waals surface area contributed by atoms with Crippen LogP contribution in [0.25, 0.3) is 22.0 Å². The van der Waals surface area contributed by atoms with Gasteiger partial charge in [0.2, 0.25) is 0 Å². The quantitative estimate of drug-likeness (QED) is 0.533. The number of rotatable bonds is 3. The van der Waals surface area contributed by atoms with E-state index >= 15 is 0 Å². The maximum Gasteiger partial charge on any atom is 0.420 e. The Morgan fingerprint density at radius 3 is 2.93 bits per heavy atom. The third-order valence-corrected chi connectivity index (χ3v) is 5.92. The van der Waals surface area contributed by atoms with Crippen LogP contribution in [-0.4, -0.2) is 40.6 Å². The van der Waals surface area contributed by atoms with Crippen molar-refractivity contribution < 1.29 is 13.9 Å². The summed E-state index contributed by atoms with van der Waals surface area (Å²) in [5.41, 5.74) is 2.52. The van der Waals surface area contributed by atoms with E-state index in [4.69, 9.17) is 20.8 Å². The van der Waals surface area contributed by atoms with Crippen molar-refractivity contribution in [2.45, 2.75) is 18.9 Å². The molecule has 7 nitrogen and oxygen atoms in total. The number of aromatic nitrogens is 2. The average molecular weight is 426 g/mol. The van der Waals surface area contributed by atoms with Gasteiger partial charge in [-0.25, -0.2) is 4.79 Å². The van der Waals surface area contributed by atoms with Crippen LogP contribution < -0.4 is 10.5 Å². The first-order valence-corrected chi connectivity index (χ1v) is 10.2. The second-order valence-electron chi connectivity index (χ2n) is 7.53. The number of amides is 1. The number of H-pyrrole nitrogens is 1. The molecule has 0 radical (unpaired) electrons. The lowest BCUT2D eigenvalue weighted by molar-refractivity contribution is 0.0672. The summed E-state index contributed by atoms with van der Waals surface area (Å²) in [6, 6.07) is 12.4. The minimum atomic E-state index is -0.427. The third kappa shape index (κ3) is 3.15. The van der Waals surface area contributed by atoms with Crippen LogP contribution in [0.5, 0.6) is 5.75 Å². The average Bonchev–Trinajstić information content (AvgIpc) is 3.32. The lowest BCUT2D eigenvalue weighted by atomic mass is 10.0. The second kappa shape index (κ2) is 7.25. The van der Waals surface area contributed by atoms with Gasteiger partial charge in [0.05, 0.1) is 18.7 Å². The Balaban J connectivity index is 1.44. The molecule has 0 unspecified atom stereocenters. The first-order chi connectivity index (χ1) is 14.5. The van der Waals surface area contributed by atoms with Crippen LogP contribution in [0.1, 0.15) is 29.4 Å². The fourth-order valence-corrected chi connectivity index (χ4v) is 4.39. The van der Waals surface area contributed by atoms with E-state index in [-0.39, 0.29) is 11.9 Å². The summed E-state index contributed by atoms with van der Waals surface area (Å²) in [6.45, 7) is 1.07. The second-order valence-corrected chi connectivity index (χ2v) is 7.97. The van der Waals surface area contributed by atoms with Crippen molar-refractivity contribution in [1.82, 2.24) is 14.5 Å². The largest absolute Gasteiger partial charge is 0.497 e. The molecule has 5 rings (SSSR count). The van der Waals surface area contributed by atoms with E-state index in [9.17, 15) is 9.59 Å². The molecule has 0 bridgehead atoms. The molecule has 30 heavy (non-hydrogen) atoms. The van der Waals surface area contributed by atoms with Gasteiger partial charge >= 0.3 is 5.76 Å². The summed E-state index contributed by atoms with van der Waals surface area (Å²) in [5.74, 6) is 0.212. The number of piperidine rings is 1. The normalized spacial score (nSPS) is 17.0. The van der Waals surface area contributed by atoms with Gasteiger partial charge in [0.15, 0.2) is 5.58 Å². The number of likely N-dealkylation sites (tertiary alicyclic amines) is 1. The van der Waals surface area contributed by atoms with E-state index in [1.807, 2.05) is 24.3 Å². The molecule has 0 spiro atoms. The molecule has 1 saturated heterocycles. The Bertz CT molecular complexity index is 1320. The summed E-state index contributed by atoms with van der Waals surface area (Å²) in [4.78, 5) is 30.7. The number of carbonyl (C=O) groups is 1. The molecule has 1 aliphatic heterocycles. The summed E-state index contributed by atoms with van der Waals surface area (Å²) < 4.78 is 12.3. The Kier molecular flexibility index (Phi) is 4.55. The number of benzene rings is 2. The van der Waals surface area contributed by atoms with Crippen molar-refractivity contribution in [3.63, 3.8) is 0 Å². The fraction of sp³-hybridized carbons (Fsp3) is 0.273. The van der Waals surface area contributed by atoms with Crippen molar-refractivity contribution in [3.05, 3.63) is 63.7 Å². The fourth-order valence-electron chi connectivity index (χ4n) is 4.22. The van der Waals surface area contributed by atoms with Crippen molar-refractivity contribution in [2.75, 3.05) is 20.2 Å². The van der Waals surface area contributed by atoms with Crippen LogP contribution in [0.4, 0.5) is 0 Å². The van der Waals surface area contributed by atoms with Crippen LogP contribution in [-0.2, 0) is 0 Å². The molecule has 1 N–H and O–H groups in total. The van der Waals surface area contributed by atoms with Gasteiger partial charge in [-0.05, 0) is 49.2 Å². The maximum absolute atomic E-state index is 13.2. The molecule has 0 saturated carbocycles. The number of halogens is 1. The lowest BCUT2D eigenvalue weighted by Crippen LogP contribution is -2.42. The first kappa shape index (κ1) is 18.8. The zero-order valence-corrected chi connectivity index (χ0v) is 17.1. The highest BCUT2D eigenvalue weighted by Crippen LogP contribution is 2.28.